The highest BCUT2D eigenvalue weighted by Crippen LogP contribution is 2.26. The zero-order valence-corrected chi connectivity index (χ0v) is 13.3. The van der Waals surface area contributed by atoms with Crippen LogP contribution in [0.25, 0.3) is 0 Å². The molecule has 2 rings (SSSR count). The van der Waals surface area contributed by atoms with Gasteiger partial charge in [0.05, 0.1) is 6.26 Å². The zero-order chi connectivity index (χ0) is 15.6. The van der Waals surface area contributed by atoms with Gasteiger partial charge in [-0.2, -0.15) is 0 Å². The summed E-state index contributed by atoms with van der Waals surface area (Å²) >= 11 is 0. The quantitative estimate of drug-likeness (QED) is 0.889. The van der Waals surface area contributed by atoms with Crippen LogP contribution in [-0.2, 0) is 10.0 Å². The van der Waals surface area contributed by atoms with Crippen molar-refractivity contribution in [1.29, 1.82) is 0 Å². The SMILES string of the molecule is CC(C)[C@@H]1CN(C(=O)c2ccncc2)C[C@H]1NS(C)(=O)=O. The lowest BCUT2D eigenvalue weighted by Crippen LogP contribution is -2.41. The molecule has 0 aromatic carbocycles. The Bertz CT molecular complexity index is 601. The Balaban J connectivity index is 2.15. The Morgan fingerprint density at radius 2 is 1.95 bits per heavy atom. The largest absolute Gasteiger partial charge is 0.337 e. The van der Waals surface area contributed by atoms with Gasteiger partial charge in [0.1, 0.15) is 0 Å². The van der Waals surface area contributed by atoms with Crippen molar-refractivity contribution in [3.05, 3.63) is 30.1 Å². The molecule has 0 aliphatic carbocycles. The first-order valence-corrected chi connectivity index (χ1v) is 8.83. The number of carbonyl (C=O) groups is 1. The zero-order valence-electron chi connectivity index (χ0n) is 12.5. The van der Waals surface area contributed by atoms with Gasteiger partial charge in [0.25, 0.3) is 5.91 Å². The van der Waals surface area contributed by atoms with Crippen molar-refractivity contribution in [2.45, 2.75) is 19.9 Å². The highest BCUT2D eigenvalue weighted by Gasteiger charge is 2.38. The number of sulfonamides is 1. The Hall–Kier alpha value is -1.47. The predicted octanol–water partition coefficient (Wildman–Crippen LogP) is 0.727. The van der Waals surface area contributed by atoms with E-state index in [2.05, 4.69) is 9.71 Å². The first-order valence-electron chi connectivity index (χ1n) is 6.94. The van der Waals surface area contributed by atoms with E-state index in [1.807, 2.05) is 13.8 Å². The fourth-order valence-corrected chi connectivity index (χ4v) is 3.55. The van der Waals surface area contributed by atoms with Gasteiger partial charge >= 0.3 is 0 Å². The van der Waals surface area contributed by atoms with Gasteiger partial charge in [0, 0.05) is 37.1 Å². The van der Waals surface area contributed by atoms with Gasteiger partial charge in [-0.15, -0.1) is 0 Å². The number of hydrogen-bond donors (Lipinski definition) is 1. The molecule has 0 saturated carbocycles. The van der Waals surface area contributed by atoms with E-state index in [-0.39, 0.29) is 17.9 Å². The molecule has 1 saturated heterocycles. The molecule has 6 nitrogen and oxygen atoms in total. The van der Waals surface area contributed by atoms with Crippen molar-refractivity contribution < 1.29 is 13.2 Å². The molecule has 1 amide bonds. The molecule has 1 aliphatic rings. The molecule has 21 heavy (non-hydrogen) atoms. The molecule has 0 bridgehead atoms. The summed E-state index contributed by atoms with van der Waals surface area (Å²) in [5, 5.41) is 0. The summed E-state index contributed by atoms with van der Waals surface area (Å²) in [5.74, 6) is 0.325. The van der Waals surface area contributed by atoms with Gasteiger partial charge in [-0.05, 0) is 24.0 Å². The first-order chi connectivity index (χ1) is 9.78. The van der Waals surface area contributed by atoms with E-state index >= 15 is 0 Å². The van der Waals surface area contributed by atoms with E-state index < -0.39 is 10.0 Å². The van der Waals surface area contributed by atoms with Crippen molar-refractivity contribution in [1.82, 2.24) is 14.6 Å². The lowest BCUT2D eigenvalue weighted by Gasteiger charge is -2.21. The maximum Gasteiger partial charge on any atom is 0.254 e. The summed E-state index contributed by atoms with van der Waals surface area (Å²) in [6.07, 6.45) is 4.31. The van der Waals surface area contributed by atoms with Crippen LogP contribution >= 0.6 is 0 Å². The highest BCUT2D eigenvalue weighted by atomic mass is 32.2. The van der Waals surface area contributed by atoms with Crippen LogP contribution in [0.15, 0.2) is 24.5 Å². The molecule has 0 unspecified atom stereocenters. The van der Waals surface area contributed by atoms with Gasteiger partial charge < -0.3 is 4.90 Å². The summed E-state index contributed by atoms with van der Waals surface area (Å²) in [7, 11) is -3.29. The molecule has 1 aromatic heterocycles. The average Bonchev–Trinajstić information content (AvgIpc) is 2.80. The molecule has 2 atom stereocenters. The van der Waals surface area contributed by atoms with Crippen LogP contribution in [0, 0.1) is 11.8 Å². The molecule has 0 radical (unpaired) electrons. The minimum absolute atomic E-state index is 0.0825. The van der Waals surface area contributed by atoms with E-state index in [0.717, 1.165) is 6.26 Å². The summed E-state index contributed by atoms with van der Waals surface area (Å²) in [5.41, 5.74) is 0.576. The van der Waals surface area contributed by atoms with E-state index in [9.17, 15) is 13.2 Å². The first kappa shape index (κ1) is 15.9. The van der Waals surface area contributed by atoms with Crippen LogP contribution in [-0.4, -0.2) is 49.6 Å². The number of rotatable bonds is 4. The lowest BCUT2D eigenvalue weighted by atomic mass is 9.92. The maximum atomic E-state index is 12.4. The monoisotopic (exact) mass is 311 g/mol. The third-order valence-corrected chi connectivity index (χ3v) is 4.53. The molecule has 1 fully saturated rings. The molecule has 7 heteroatoms. The van der Waals surface area contributed by atoms with Crippen LogP contribution in [0.4, 0.5) is 0 Å². The van der Waals surface area contributed by atoms with E-state index in [1.165, 1.54) is 0 Å². The van der Waals surface area contributed by atoms with E-state index in [0.29, 0.717) is 24.6 Å². The Morgan fingerprint density at radius 3 is 2.48 bits per heavy atom. The third-order valence-electron chi connectivity index (χ3n) is 3.80. The smallest absolute Gasteiger partial charge is 0.254 e. The van der Waals surface area contributed by atoms with Crippen molar-refractivity contribution in [3.8, 4) is 0 Å². The van der Waals surface area contributed by atoms with Gasteiger partial charge in [-0.1, -0.05) is 13.8 Å². The van der Waals surface area contributed by atoms with Crippen LogP contribution < -0.4 is 4.72 Å². The number of aromatic nitrogens is 1. The van der Waals surface area contributed by atoms with Crippen molar-refractivity contribution >= 4 is 15.9 Å². The Morgan fingerprint density at radius 1 is 1.33 bits per heavy atom. The van der Waals surface area contributed by atoms with Crippen LogP contribution in [0.5, 0.6) is 0 Å². The lowest BCUT2D eigenvalue weighted by molar-refractivity contribution is 0.0783. The molecule has 1 N–H and O–H groups in total. The summed E-state index contributed by atoms with van der Waals surface area (Å²) in [6, 6.07) is 3.11. The molecule has 116 valence electrons. The summed E-state index contributed by atoms with van der Waals surface area (Å²) in [6.45, 7) is 5.05. The number of carbonyl (C=O) groups excluding carboxylic acids is 1. The molecule has 1 aromatic rings. The van der Waals surface area contributed by atoms with Crippen molar-refractivity contribution in [2.75, 3.05) is 19.3 Å². The molecular weight excluding hydrogens is 290 g/mol. The fourth-order valence-electron chi connectivity index (χ4n) is 2.75. The van der Waals surface area contributed by atoms with Crippen LogP contribution in [0.3, 0.4) is 0 Å². The fraction of sp³-hybridized carbons (Fsp3) is 0.571. The topological polar surface area (TPSA) is 79.4 Å². The number of hydrogen-bond acceptors (Lipinski definition) is 4. The maximum absolute atomic E-state index is 12.4. The predicted molar refractivity (Wildman–Crippen MR) is 80.2 cm³/mol. The molecule has 1 aliphatic heterocycles. The second-order valence-corrected chi connectivity index (χ2v) is 7.63. The minimum atomic E-state index is -3.29. The minimum Gasteiger partial charge on any atom is -0.337 e. The number of likely N-dealkylation sites (tertiary alicyclic amines) is 1. The molecular formula is C14H21N3O3S. The van der Waals surface area contributed by atoms with E-state index in [4.69, 9.17) is 0 Å². The van der Waals surface area contributed by atoms with Gasteiger partial charge in [-0.3, -0.25) is 9.78 Å². The summed E-state index contributed by atoms with van der Waals surface area (Å²) in [4.78, 5) is 18.1. The van der Waals surface area contributed by atoms with Gasteiger partial charge in [0.2, 0.25) is 10.0 Å². The van der Waals surface area contributed by atoms with Gasteiger partial charge in [-0.25, -0.2) is 13.1 Å². The Labute approximate surface area is 125 Å². The average molecular weight is 311 g/mol. The third kappa shape index (κ3) is 4.01. The molecule has 2 heterocycles. The van der Waals surface area contributed by atoms with E-state index in [1.54, 1.807) is 29.4 Å². The number of nitrogens with zero attached hydrogens (tertiary/aromatic N) is 2. The van der Waals surface area contributed by atoms with Crippen LogP contribution in [0.1, 0.15) is 24.2 Å². The normalized spacial score (nSPS) is 22.8. The number of pyridine rings is 1. The van der Waals surface area contributed by atoms with Crippen molar-refractivity contribution in [3.63, 3.8) is 0 Å². The summed E-state index contributed by atoms with van der Waals surface area (Å²) < 4.78 is 25.6. The second-order valence-electron chi connectivity index (χ2n) is 5.85. The Kier molecular flexibility index (Phi) is 4.63. The standard InChI is InChI=1S/C14H21N3O3S/c1-10(2)12-8-17(9-13(12)16-21(3,19)20)14(18)11-4-6-15-7-5-11/h4-7,10,12-13,16H,8-9H2,1-3H3/t12-,13+/m0/s1. The second kappa shape index (κ2) is 6.11. The number of amides is 1. The van der Waals surface area contributed by atoms with Gasteiger partial charge in [0.15, 0.2) is 0 Å². The van der Waals surface area contributed by atoms with Crippen molar-refractivity contribution in [2.24, 2.45) is 11.8 Å². The molecule has 0 spiro atoms. The number of nitrogens with one attached hydrogen (secondary N) is 1. The van der Waals surface area contributed by atoms with Crippen LogP contribution in [0.2, 0.25) is 0 Å². The highest BCUT2D eigenvalue weighted by molar-refractivity contribution is 7.88.